The van der Waals surface area contributed by atoms with Crippen LogP contribution in [0.15, 0.2) is 12.1 Å². The molecule has 2 nitrogen and oxygen atoms in total. The molecule has 1 aromatic heterocycles. The average Bonchev–Trinajstić information content (AvgIpc) is 2.90. The van der Waals surface area contributed by atoms with Gasteiger partial charge < -0.3 is 5.32 Å². The summed E-state index contributed by atoms with van der Waals surface area (Å²) in [4.78, 5) is 5.79. The molecule has 1 aliphatic rings. The molecule has 0 radical (unpaired) electrons. The van der Waals surface area contributed by atoms with Gasteiger partial charge in [-0.2, -0.15) is 0 Å². The van der Waals surface area contributed by atoms with Crippen LogP contribution in [0.4, 0.5) is 0 Å². The van der Waals surface area contributed by atoms with Crippen LogP contribution >= 0.6 is 11.3 Å². The van der Waals surface area contributed by atoms with Crippen molar-refractivity contribution in [1.82, 2.24) is 10.2 Å². The molecule has 1 N–H and O–H groups in total. The predicted molar refractivity (Wildman–Crippen MR) is 89.5 cm³/mol. The molecule has 20 heavy (non-hydrogen) atoms. The first-order valence-electron chi connectivity index (χ1n) is 8.31. The number of nitrogens with one attached hydrogen (secondary N) is 1. The Bertz CT molecular complexity index is 388. The van der Waals surface area contributed by atoms with Crippen LogP contribution in [0.25, 0.3) is 0 Å². The van der Waals surface area contributed by atoms with Crippen molar-refractivity contribution < 1.29 is 0 Å². The first kappa shape index (κ1) is 16.0. The molecule has 0 aliphatic carbocycles. The van der Waals surface area contributed by atoms with Crippen LogP contribution in [0.1, 0.15) is 56.2 Å². The van der Waals surface area contributed by atoms with E-state index in [0.717, 1.165) is 12.6 Å². The van der Waals surface area contributed by atoms with Crippen LogP contribution in [0, 0.1) is 0 Å². The molecule has 1 fully saturated rings. The SMILES string of the molecule is CCCC1CN(Cc2ccc(CC)s2)C(CCC)CN1. The van der Waals surface area contributed by atoms with E-state index in [0.29, 0.717) is 6.04 Å². The standard InChI is InChI=1S/C17H30N2S/c1-4-7-14-12-19(15(8-5-2)11-18-14)13-17-10-9-16(6-3)20-17/h9-10,14-15,18H,4-8,11-13H2,1-3H3. The minimum Gasteiger partial charge on any atom is -0.311 e. The Kier molecular flexibility index (Phi) is 6.53. The van der Waals surface area contributed by atoms with E-state index in [2.05, 4.69) is 43.1 Å². The van der Waals surface area contributed by atoms with Crippen molar-refractivity contribution in [3.05, 3.63) is 21.9 Å². The Labute approximate surface area is 128 Å². The molecule has 0 aromatic carbocycles. The van der Waals surface area contributed by atoms with Gasteiger partial charge in [0, 0.05) is 41.5 Å². The quantitative estimate of drug-likeness (QED) is 0.816. The Hall–Kier alpha value is -0.380. The van der Waals surface area contributed by atoms with Gasteiger partial charge in [0.15, 0.2) is 0 Å². The number of hydrogen-bond donors (Lipinski definition) is 1. The molecule has 114 valence electrons. The maximum Gasteiger partial charge on any atom is 0.0332 e. The number of rotatable bonds is 7. The molecule has 2 unspecified atom stereocenters. The third-order valence-corrected chi connectivity index (χ3v) is 5.51. The fourth-order valence-electron chi connectivity index (χ4n) is 3.18. The van der Waals surface area contributed by atoms with Crippen LogP contribution in [0.2, 0.25) is 0 Å². The van der Waals surface area contributed by atoms with E-state index in [4.69, 9.17) is 0 Å². The fourth-order valence-corrected chi connectivity index (χ4v) is 4.16. The summed E-state index contributed by atoms with van der Waals surface area (Å²) in [6.07, 6.45) is 6.36. The van der Waals surface area contributed by atoms with E-state index in [1.54, 1.807) is 4.88 Å². The number of nitrogens with zero attached hydrogens (tertiary/aromatic N) is 1. The maximum atomic E-state index is 3.75. The Morgan fingerprint density at radius 1 is 1.15 bits per heavy atom. The second-order valence-electron chi connectivity index (χ2n) is 5.99. The monoisotopic (exact) mass is 294 g/mol. The van der Waals surface area contributed by atoms with Crippen molar-refractivity contribution in [2.45, 2.75) is 71.5 Å². The largest absolute Gasteiger partial charge is 0.311 e. The molecule has 0 amide bonds. The van der Waals surface area contributed by atoms with Gasteiger partial charge in [-0.25, -0.2) is 0 Å². The first-order valence-corrected chi connectivity index (χ1v) is 9.13. The number of piperazine rings is 1. The van der Waals surface area contributed by atoms with Crippen molar-refractivity contribution in [3.8, 4) is 0 Å². The molecule has 2 atom stereocenters. The molecule has 1 aliphatic heterocycles. The summed E-state index contributed by atoms with van der Waals surface area (Å²) >= 11 is 2.00. The highest BCUT2D eigenvalue weighted by molar-refractivity contribution is 7.11. The molecule has 2 rings (SSSR count). The number of thiophene rings is 1. The van der Waals surface area contributed by atoms with Crippen molar-refractivity contribution in [2.75, 3.05) is 13.1 Å². The molecular formula is C17H30N2S. The van der Waals surface area contributed by atoms with Crippen molar-refractivity contribution in [2.24, 2.45) is 0 Å². The molecule has 3 heteroatoms. The van der Waals surface area contributed by atoms with Gasteiger partial charge in [-0.1, -0.05) is 33.6 Å². The third-order valence-electron chi connectivity index (χ3n) is 4.30. The van der Waals surface area contributed by atoms with E-state index in [1.807, 2.05) is 11.3 Å². The lowest BCUT2D eigenvalue weighted by molar-refractivity contribution is 0.113. The second kappa shape index (κ2) is 8.16. The predicted octanol–water partition coefficient (Wildman–Crippen LogP) is 4.05. The molecule has 0 bridgehead atoms. The molecule has 2 heterocycles. The molecule has 0 saturated carbocycles. The Balaban J connectivity index is 1.98. The smallest absolute Gasteiger partial charge is 0.0332 e. The summed E-state index contributed by atoms with van der Waals surface area (Å²) < 4.78 is 0. The zero-order valence-corrected chi connectivity index (χ0v) is 14.1. The van der Waals surface area contributed by atoms with E-state index in [-0.39, 0.29) is 0 Å². The molecule has 1 saturated heterocycles. The number of aryl methyl sites for hydroxylation is 1. The fraction of sp³-hybridized carbons (Fsp3) is 0.765. The van der Waals surface area contributed by atoms with Crippen molar-refractivity contribution in [1.29, 1.82) is 0 Å². The van der Waals surface area contributed by atoms with Crippen molar-refractivity contribution >= 4 is 11.3 Å². The van der Waals surface area contributed by atoms with Gasteiger partial charge in [-0.3, -0.25) is 4.90 Å². The van der Waals surface area contributed by atoms with Crippen LogP contribution in [-0.4, -0.2) is 30.1 Å². The summed E-state index contributed by atoms with van der Waals surface area (Å²) in [5.74, 6) is 0. The molecule has 0 spiro atoms. The average molecular weight is 295 g/mol. The normalized spacial score (nSPS) is 24.1. The van der Waals surface area contributed by atoms with Gasteiger partial charge >= 0.3 is 0 Å². The van der Waals surface area contributed by atoms with Gasteiger partial charge in [0.2, 0.25) is 0 Å². The van der Waals surface area contributed by atoms with E-state index >= 15 is 0 Å². The van der Waals surface area contributed by atoms with Gasteiger partial charge in [0.05, 0.1) is 0 Å². The van der Waals surface area contributed by atoms with Gasteiger partial charge in [-0.15, -0.1) is 11.3 Å². The minimum absolute atomic E-state index is 0.693. The topological polar surface area (TPSA) is 15.3 Å². The van der Waals surface area contributed by atoms with Crippen LogP contribution in [0.5, 0.6) is 0 Å². The summed E-state index contributed by atoms with van der Waals surface area (Å²) in [6, 6.07) is 6.06. The highest BCUT2D eigenvalue weighted by atomic mass is 32.1. The second-order valence-corrected chi connectivity index (χ2v) is 7.24. The maximum absolute atomic E-state index is 3.75. The highest BCUT2D eigenvalue weighted by Crippen LogP contribution is 2.23. The highest BCUT2D eigenvalue weighted by Gasteiger charge is 2.26. The zero-order valence-electron chi connectivity index (χ0n) is 13.3. The first-order chi connectivity index (χ1) is 9.76. The number of hydrogen-bond acceptors (Lipinski definition) is 3. The lowest BCUT2D eigenvalue weighted by atomic mass is 10.0. The van der Waals surface area contributed by atoms with E-state index in [1.165, 1.54) is 50.1 Å². The lowest BCUT2D eigenvalue weighted by Gasteiger charge is -2.40. The Morgan fingerprint density at radius 3 is 2.55 bits per heavy atom. The zero-order chi connectivity index (χ0) is 14.4. The van der Waals surface area contributed by atoms with Crippen LogP contribution in [0.3, 0.4) is 0 Å². The van der Waals surface area contributed by atoms with Gasteiger partial charge in [0.1, 0.15) is 0 Å². The van der Waals surface area contributed by atoms with Crippen molar-refractivity contribution in [3.63, 3.8) is 0 Å². The Morgan fingerprint density at radius 2 is 1.90 bits per heavy atom. The van der Waals surface area contributed by atoms with E-state index in [9.17, 15) is 0 Å². The molecule has 1 aromatic rings. The van der Waals surface area contributed by atoms with Crippen LogP contribution in [-0.2, 0) is 13.0 Å². The van der Waals surface area contributed by atoms with E-state index < -0.39 is 0 Å². The third kappa shape index (κ3) is 4.31. The summed E-state index contributed by atoms with van der Waals surface area (Å²) in [5, 5.41) is 3.75. The van der Waals surface area contributed by atoms with Gasteiger partial charge in [0.25, 0.3) is 0 Å². The minimum atomic E-state index is 0.693. The van der Waals surface area contributed by atoms with Gasteiger partial charge in [-0.05, 0) is 31.4 Å². The summed E-state index contributed by atoms with van der Waals surface area (Å²) in [6.45, 7) is 10.4. The molecular weight excluding hydrogens is 264 g/mol. The van der Waals surface area contributed by atoms with Crippen LogP contribution < -0.4 is 5.32 Å². The summed E-state index contributed by atoms with van der Waals surface area (Å²) in [7, 11) is 0. The summed E-state index contributed by atoms with van der Waals surface area (Å²) in [5.41, 5.74) is 0. The lowest BCUT2D eigenvalue weighted by Crippen LogP contribution is -2.55.